The Labute approximate surface area is 95.6 Å². The van der Waals surface area contributed by atoms with Crippen molar-refractivity contribution in [1.29, 1.82) is 0 Å². The molecule has 1 aliphatic heterocycles. The summed E-state index contributed by atoms with van der Waals surface area (Å²) < 4.78 is 10.5. The highest BCUT2D eigenvalue weighted by atomic mass is 16.5. The van der Waals surface area contributed by atoms with Crippen LogP contribution in [0.15, 0.2) is 4.52 Å². The first-order valence-electron chi connectivity index (χ1n) is 5.92. The van der Waals surface area contributed by atoms with Crippen LogP contribution in [0.25, 0.3) is 0 Å². The minimum atomic E-state index is 0.561. The average molecular weight is 225 g/mol. The quantitative estimate of drug-likeness (QED) is 0.726. The minimum absolute atomic E-state index is 0.561. The van der Waals surface area contributed by atoms with Gasteiger partial charge in [-0.3, -0.25) is 0 Å². The molecule has 1 saturated heterocycles. The molecular formula is C11H19N3O2. The zero-order valence-corrected chi connectivity index (χ0v) is 9.74. The number of aryl methyl sites for hydroxylation is 1. The first-order chi connectivity index (χ1) is 7.88. The molecule has 2 heterocycles. The monoisotopic (exact) mass is 225 g/mol. The Morgan fingerprint density at radius 1 is 1.50 bits per heavy atom. The molecule has 0 aromatic carbocycles. The highest BCUT2D eigenvalue weighted by molar-refractivity contribution is 4.89. The number of nitrogens with one attached hydrogen (secondary N) is 1. The normalized spacial score (nSPS) is 20.4. The molecule has 0 radical (unpaired) electrons. The van der Waals surface area contributed by atoms with Crippen molar-refractivity contribution >= 4 is 0 Å². The van der Waals surface area contributed by atoms with Crippen LogP contribution in [0, 0.1) is 5.92 Å². The van der Waals surface area contributed by atoms with E-state index in [1.807, 2.05) is 7.05 Å². The highest BCUT2D eigenvalue weighted by Gasteiger charge is 2.19. The Balaban J connectivity index is 1.77. The van der Waals surface area contributed by atoms with Crippen molar-refractivity contribution in [2.75, 3.05) is 26.8 Å². The van der Waals surface area contributed by atoms with Crippen LogP contribution in [-0.4, -0.2) is 36.9 Å². The molecule has 5 heteroatoms. The number of hydrogen-bond donors (Lipinski definition) is 1. The lowest BCUT2D eigenvalue weighted by atomic mass is 10.1. The van der Waals surface area contributed by atoms with E-state index in [1.165, 1.54) is 0 Å². The van der Waals surface area contributed by atoms with E-state index >= 15 is 0 Å². The number of aromatic nitrogens is 2. The summed E-state index contributed by atoms with van der Waals surface area (Å²) in [5.41, 5.74) is 0. The summed E-state index contributed by atoms with van der Waals surface area (Å²) in [7, 11) is 1.95. The first kappa shape index (κ1) is 11.5. The molecule has 0 bridgehead atoms. The molecule has 0 saturated carbocycles. The second kappa shape index (κ2) is 5.96. The molecule has 1 fully saturated rings. The Bertz CT molecular complexity index is 308. The van der Waals surface area contributed by atoms with Gasteiger partial charge >= 0.3 is 0 Å². The molecule has 1 aliphatic rings. The zero-order valence-electron chi connectivity index (χ0n) is 9.74. The lowest BCUT2D eigenvalue weighted by Gasteiger charge is -2.00. The first-order valence-corrected chi connectivity index (χ1v) is 5.92. The van der Waals surface area contributed by atoms with Crippen LogP contribution in [0.2, 0.25) is 0 Å². The van der Waals surface area contributed by atoms with Gasteiger partial charge in [-0.05, 0) is 32.4 Å². The van der Waals surface area contributed by atoms with Crippen LogP contribution in [0.4, 0.5) is 0 Å². The van der Waals surface area contributed by atoms with Crippen molar-refractivity contribution < 1.29 is 9.26 Å². The molecule has 5 nitrogen and oxygen atoms in total. The lowest BCUT2D eigenvalue weighted by molar-refractivity contribution is 0.183. The fourth-order valence-corrected chi connectivity index (χ4v) is 1.89. The highest BCUT2D eigenvalue weighted by Crippen LogP contribution is 2.17. The van der Waals surface area contributed by atoms with Crippen LogP contribution in [0.1, 0.15) is 24.6 Å². The third kappa shape index (κ3) is 3.28. The van der Waals surface area contributed by atoms with Crippen molar-refractivity contribution in [3.05, 3.63) is 11.7 Å². The van der Waals surface area contributed by atoms with E-state index in [-0.39, 0.29) is 0 Å². The Hall–Kier alpha value is -0.940. The standard InChI is InChI=1S/C11H19N3O2/c1-12-5-2-3-10-13-11(16-14-10)7-9-4-6-15-8-9/h9,12H,2-8H2,1H3. The van der Waals surface area contributed by atoms with Gasteiger partial charge in [-0.15, -0.1) is 0 Å². The largest absolute Gasteiger partial charge is 0.381 e. The fraction of sp³-hybridized carbons (Fsp3) is 0.818. The summed E-state index contributed by atoms with van der Waals surface area (Å²) in [5.74, 6) is 2.14. The summed E-state index contributed by atoms with van der Waals surface area (Å²) in [6, 6.07) is 0. The van der Waals surface area contributed by atoms with Crippen LogP contribution in [0.3, 0.4) is 0 Å². The Kier molecular flexibility index (Phi) is 4.30. The smallest absolute Gasteiger partial charge is 0.227 e. The molecule has 0 aliphatic carbocycles. The second-order valence-electron chi connectivity index (χ2n) is 4.25. The van der Waals surface area contributed by atoms with Gasteiger partial charge in [-0.2, -0.15) is 4.98 Å². The Morgan fingerprint density at radius 3 is 3.19 bits per heavy atom. The van der Waals surface area contributed by atoms with E-state index < -0.39 is 0 Å². The van der Waals surface area contributed by atoms with Gasteiger partial charge < -0.3 is 14.6 Å². The summed E-state index contributed by atoms with van der Waals surface area (Å²) in [4.78, 5) is 4.38. The van der Waals surface area contributed by atoms with E-state index in [4.69, 9.17) is 9.26 Å². The predicted octanol–water partition coefficient (Wildman–Crippen LogP) is 0.801. The van der Waals surface area contributed by atoms with Gasteiger partial charge in [0.25, 0.3) is 0 Å². The molecule has 90 valence electrons. The molecule has 1 aromatic heterocycles. The molecule has 1 N–H and O–H groups in total. The molecule has 1 atom stereocenters. The Morgan fingerprint density at radius 2 is 2.44 bits per heavy atom. The maximum Gasteiger partial charge on any atom is 0.227 e. The van der Waals surface area contributed by atoms with Gasteiger partial charge in [-0.25, -0.2) is 0 Å². The molecule has 0 spiro atoms. The maximum atomic E-state index is 5.32. The lowest BCUT2D eigenvalue weighted by Crippen LogP contribution is -2.08. The van der Waals surface area contributed by atoms with Crippen LogP contribution in [-0.2, 0) is 17.6 Å². The minimum Gasteiger partial charge on any atom is -0.381 e. The number of hydrogen-bond acceptors (Lipinski definition) is 5. The van der Waals surface area contributed by atoms with Gasteiger partial charge in [-0.1, -0.05) is 5.16 Å². The van der Waals surface area contributed by atoms with E-state index in [1.54, 1.807) is 0 Å². The summed E-state index contributed by atoms with van der Waals surface area (Å²) >= 11 is 0. The van der Waals surface area contributed by atoms with Crippen LogP contribution in [0.5, 0.6) is 0 Å². The second-order valence-corrected chi connectivity index (χ2v) is 4.25. The van der Waals surface area contributed by atoms with Gasteiger partial charge in [0.2, 0.25) is 5.89 Å². The van der Waals surface area contributed by atoms with Gasteiger partial charge in [0, 0.05) is 26.1 Å². The molecule has 1 unspecified atom stereocenters. The number of ether oxygens (including phenoxy) is 1. The molecule has 16 heavy (non-hydrogen) atoms. The molecule has 0 amide bonds. The van der Waals surface area contributed by atoms with Crippen molar-refractivity contribution in [2.24, 2.45) is 5.92 Å². The third-order valence-electron chi connectivity index (χ3n) is 2.82. The average Bonchev–Trinajstić information content (AvgIpc) is 2.91. The zero-order chi connectivity index (χ0) is 11.2. The van der Waals surface area contributed by atoms with E-state index in [2.05, 4.69) is 15.5 Å². The predicted molar refractivity (Wildman–Crippen MR) is 59.2 cm³/mol. The number of rotatable bonds is 6. The fourth-order valence-electron chi connectivity index (χ4n) is 1.89. The summed E-state index contributed by atoms with van der Waals surface area (Å²) in [5, 5.41) is 7.08. The van der Waals surface area contributed by atoms with Crippen molar-refractivity contribution in [2.45, 2.75) is 25.7 Å². The van der Waals surface area contributed by atoms with Crippen LogP contribution >= 0.6 is 0 Å². The summed E-state index contributed by atoms with van der Waals surface area (Å²) in [6.45, 7) is 2.69. The number of nitrogens with zero attached hydrogens (tertiary/aromatic N) is 2. The van der Waals surface area contributed by atoms with Gasteiger partial charge in [0.1, 0.15) is 0 Å². The molecular weight excluding hydrogens is 206 g/mol. The topological polar surface area (TPSA) is 60.2 Å². The third-order valence-corrected chi connectivity index (χ3v) is 2.82. The van der Waals surface area contributed by atoms with E-state index in [0.717, 1.165) is 57.2 Å². The van der Waals surface area contributed by atoms with E-state index in [9.17, 15) is 0 Å². The van der Waals surface area contributed by atoms with E-state index in [0.29, 0.717) is 5.92 Å². The van der Waals surface area contributed by atoms with Gasteiger partial charge in [0.15, 0.2) is 5.82 Å². The van der Waals surface area contributed by atoms with Crippen LogP contribution < -0.4 is 5.32 Å². The SMILES string of the molecule is CNCCCc1noc(CC2CCOC2)n1. The maximum absolute atomic E-state index is 5.32. The van der Waals surface area contributed by atoms with Crippen molar-refractivity contribution in [3.63, 3.8) is 0 Å². The van der Waals surface area contributed by atoms with Gasteiger partial charge in [0.05, 0.1) is 0 Å². The molecule has 1 aromatic rings. The van der Waals surface area contributed by atoms with Crippen molar-refractivity contribution in [1.82, 2.24) is 15.5 Å². The summed E-state index contributed by atoms with van der Waals surface area (Å²) in [6.07, 6.45) is 3.89. The van der Waals surface area contributed by atoms with Crippen molar-refractivity contribution in [3.8, 4) is 0 Å². The molecule has 2 rings (SSSR count).